The number of ether oxygens (including phenoxy) is 1. The molecular weight excluding hydrogens is 518 g/mol. The molecule has 0 radical (unpaired) electrons. The number of hydrogen-bond donors (Lipinski definition) is 2. The molecule has 1 heterocycles. The zero-order valence-corrected chi connectivity index (χ0v) is 22.5. The number of rotatable bonds is 9. The molecular formula is C30H28ClN3O5. The largest absolute Gasteiger partial charge is 0.462 e. The summed E-state index contributed by atoms with van der Waals surface area (Å²) < 4.78 is 5.14. The van der Waals surface area contributed by atoms with Gasteiger partial charge in [-0.1, -0.05) is 56.6 Å². The van der Waals surface area contributed by atoms with Crippen LogP contribution < -0.4 is 15.5 Å². The van der Waals surface area contributed by atoms with Crippen molar-refractivity contribution in [2.75, 3.05) is 22.1 Å². The third kappa shape index (κ3) is 6.18. The van der Waals surface area contributed by atoms with Crippen molar-refractivity contribution >= 4 is 52.4 Å². The maximum atomic E-state index is 13.2. The first kappa shape index (κ1) is 27.6. The van der Waals surface area contributed by atoms with E-state index >= 15 is 0 Å². The van der Waals surface area contributed by atoms with Crippen LogP contribution in [0, 0.1) is 0 Å². The van der Waals surface area contributed by atoms with E-state index < -0.39 is 17.8 Å². The van der Waals surface area contributed by atoms with Crippen LogP contribution in [0.1, 0.15) is 59.4 Å². The van der Waals surface area contributed by atoms with Crippen molar-refractivity contribution in [2.45, 2.75) is 33.1 Å². The molecule has 39 heavy (non-hydrogen) atoms. The quantitative estimate of drug-likeness (QED) is 0.250. The predicted molar refractivity (Wildman–Crippen MR) is 151 cm³/mol. The molecule has 0 bridgehead atoms. The van der Waals surface area contributed by atoms with Gasteiger partial charge in [0.25, 0.3) is 17.7 Å². The molecule has 3 aromatic rings. The van der Waals surface area contributed by atoms with E-state index in [4.69, 9.17) is 16.3 Å². The van der Waals surface area contributed by atoms with Crippen molar-refractivity contribution < 1.29 is 23.9 Å². The average Bonchev–Trinajstić information content (AvgIpc) is 3.15. The van der Waals surface area contributed by atoms with E-state index in [1.54, 1.807) is 30.3 Å². The Morgan fingerprint density at radius 3 is 2.28 bits per heavy atom. The van der Waals surface area contributed by atoms with Gasteiger partial charge in [0.05, 0.1) is 17.9 Å². The summed E-state index contributed by atoms with van der Waals surface area (Å²) in [5.41, 5.74) is 2.81. The number of esters is 1. The molecule has 0 atom stereocenters. The van der Waals surface area contributed by atoms with Crippen LogP contribution in [0.4, 0.5) is 17.1 Å². The van der Waals surface area contributed by atoms with Crippen LogP contribution in [0.3, 0.4) is 0 Å². The Morgan fingerprint density at radius 1 is 0.897 bits per heavy atom. The van der Waals surface area contributed by atoms with Crippen LogP contribution in [0.15, 0.2) is 83.5 Å². The Morgan fingerprint density at radius 2 is 1.59 bits per heavy atom. The minimum Gasteiger partial charge on any atom is -0.462 e. The fourth-order valence-electron chi connectivity index (χ4n) is 3.93. The molecule has 1 aliphatic rings. The Labute approximate surface area is 231 Å². The highest BCUT2D eigenvalue weighted by Crippen LogP contribution is 2.31. The van der Waals surface area contributed by atoms with Gasteiger partial charge in [0, 0.05) is 16.9 Å². The van der Waals surface area contributed by atoms with E-state index in [-0.39, 0.29) is 34.5 Å². The van der Waals surface area contributed by atoms with E-state index in [9.17, 15) is 19.2 Å². The lowest BCUT2D eigenvalue weighted by Crippen LogP contribution is -2.32. The number of carbonyl (C=O) groups excluding carboxylic acids is 4. The topological polar surface area (TPSA) is 105 Å². The SMILES string of the molecule is CCCOC(=O)c1cccc(N2C(=O)C(Cl)=C(Nc3cccc(C(=O)Nc4ccc(C(C)C)cc4)c3)C2=O)c1. The molecule has 1 aliphatic heterocycles. The smallest absolute Gasteiger partial charge is 0.338 e. The van der Waals surface area contributed by atoms with Crippen molar-refractivity contribution in [1.82, 2.24) is 0 Å². The van der Waals surface area contributed by atoms with Gasteiger partial charge in [-0.2, -0.15) is 0 Å². The van der Waals surface area contributed by atoms with Crippen LogP contribution in [-0.2, 0) is 14.3 Å². The van der Waals surface area contributed by atoms with Crippen LogP contribution in [0.5, 0.6) is 0 Å². The summed E-state index contributed by atoms with van der Waals surface area (Å²) in [6.07, 6.45) is 0.664. The van der Waals surface area contributed by atoms with E-state index in [1.807, 2.05) is 31.2 Å². The fraction of sp³-hybridized carbons (Fsp3) is 0.200. The first-order chi connectivity index (χ1) is 18.7. The van der Waals surface area contributed by atoms with Gasteiger partial charge in [-0.15, -0.1) is 0 Å². The third-order valence-electron chi connectivity index (χ3n) is 6.03. The van der Waals surface area contributed by atoms with Gasteiger partial charge in [0.2, 0.25) is 0 Å². The monoisotopic (exact) mass is 545 g/mol. The number of anilines is 3. The van der Waals surface area contributed by atoms with Gasteiger partial charge in [-0.05, 0) is 66.4 Å². The van der Waals surface area contributed by atoms with Crippen LogP contribution >= 0.6 is 11.6 Å². The summed E-state index contributed by atoms with van der Waals surface area (Å²) in [6.45, 7) is 6.32. The summed E-state index contributed by atoms with van der Waals surface area (Å²) in [4.78, 5) is 52.1. The predicted octanol–water partition coefficient (Wildman–Crippen LogP) is 6.06. The Bertz CT molecular complexity index is 1460. The van der Waals surface area contributed by atoms with Crippen molar-refractivity contribution in [3.8, 4) is 0 Å². The first-order valence-corrected chi connectivity index (χ1v) is 12.9. The number of amides is 3. The lowest BCUT2D eigenvalue weighted by atomic mass is 10.0. The molecule has 0 aliphatic carbocycles. The molecule has 0 saturated carbocycles. The number of hydrogen-bond acceptors (Lipinski definition) is 6. The molecule has 0 aromatic heterocycles. The standard InChI is InChI=1S/C30H28ClN3O5/c1-4-15-39-30(38)21-8-6-10-24(17-21)34-28(36)25(31)26(29(34)37)32-23-9-5-7-20(16-23)27(35)33-22-13-11-19(12-14-22)18(2)3/h5-14,16-18,32H,4,15H2,1-3H3,(H,33,35). The van der Waals surface area contributed by atoms with E-state index in [0.29, 0.717) is 29.3 Å². The molecule has 0 fully saturated rings. The number of carbonyl (C=O) groups is 4. The zero-order chi connectivity index (χ0) is 28.1. The number of halogens is 1. The highest BCUT2D eigenvalue weighted by Gasteiger charge is 2.39. The van der Waals surface area contributed by atoms with Crippen molar-refractivity contribution in [2.24, 2.45) is 0 Å². The number of nitrogens with one attached hydrogen (secondary N) is 2. The second-order valence-electron chi connectivity index (χ2n) is 9.26. The van der Waals surface area contributed by atoms with Crippen LogP contribution in [0.25, 0.3) is 0 Å². The molecule has 3 aromatic carbocycles. The Kier molecular flexibility index (Phi) is 8.46. The Hall–Kier alpha value is -4.43. The van der Waals surface area contributed by atoms with Crippen molar-refractivity contribution in [3.05, 3.63) is 100 Å². The number of benzene rings is 3. The normalized spacial score (nSPS) is 13.2. The van der Waals surface area contributed by atoms with Gasteiger partial charge in [0.1, 0.15) is 10.7 Å². The summed E-state index contributed by atoms with van der Waals surface area (Å²) in [7, 11) is 0. The lowest BCUT2D eigenvalue weighted by Gasteiger charge is -2.16. The summed E-state index contributed by atoms with van der Waals surface area (Å²) in [6, 6.07) is 20.1. The summed E-state index contributed by atoms with van der Waals surface area (Å²) in [5.74, 6) is -1.93. The Balaban J connectivity index is 1.49. The summed E-state index contributed by atoms with van der Waals surface area (Å²) in [5, 5.41) is 5.43. The molecule has 4 rings (SSSR count). The lowest BCUT2D eigenvalue weighted by molar-refractivity contribution is -0.120. The van der Waals surface area contributed by atoms with Gasteiger partial charge in [-0.25, -0.2) is 9.69 Å². The molecule has 200 valence electrons. The minimum atomic E-state index is -0.734. The summed E-state index contributed by atoms with van der Waals surface area (Å²) >= 11 is 6.27. The molecule has 8 nitrogen and oxygen atoms in total. The van der Waals surface area contributed by atoms with E-state index in [1.165, 1.54) is 18.2 Å². The maximum Gasteiger partial charge on any atom is 0.338 e. The minimum absolute atomic E-state index is 0.137. The molecule has 2 N–H and O–H groups in total. The van der Waals surface area contributed by atoms with Gasteiger partial charge in [0.15, 0.2) is 0 Å². The molecule has 0 spiro atoms. The van der Waals surface area contributed by atoms with E-state index in [2.05, 4.69) is 24.5 Å². The van der Waals surface area contributed by atoms with Gasteiger partial charge < -0.3 is 15.4 Å². The first-order valence-electron chi connectivity index (χ1n) is 12.5. The average molecular weight is 546 g/mol. The molecule has 0 saturated heterocycles. The molecule has 0 unspecified atom stereocenters. The fourth-order valence-corrected chi connectivity index (χ4v) is 4.15. The van der Waals surface area contributed by atoms with Crippen LogP contribution in [0.2, 0.25) is 0 Å². The highest BCUT2D eigenvalue weighted by atomic mass is 35.5. The number of imide groups is 1. The van der Waals surface area contributed by atoms with Crippen molar-refractivity contribution in [3.63, 3.8) is 0 Å². The highest BCUT2D eigenvalue weighted by molar-refractivity contribution is 6.53. The van der Waals surface area contributed by atoms with Crippen LogP contribution in [-0.4, -0.2) is 30.3 Å². The number of nitrogens with zero attached hydrogens (tertiary/aromatic N) is 1. The van der Waals surface area contributed by atoms with E-state index in [0.717, 1.165) is 10.5 Å². The molecule has 9 heteroatoms. The van der Waals surface area contributed by atoms with Gasteiger partial charge in [-0.3, -0.25) is 14.4 Å². The van der Waals surface area contributed by atoms with Crippen molar-refractivity contribution in [1.29, 1.82) is 0 Å². The second kappa shape index (κ2) is 12.0. The maximum absolute atomic E-state index is 13.2. The third-order valence-corrected chi connectivity index (χ3v) is 6.38. The van der Waals surface area contributed by atoms with Gasteiger partial charge >= 0.3 is 5.97 Å². The zero-order valence-electron chi connectivity index (χ0n) is 21.8. The second-order valence-corrected chi connectivity index (χ2v) is 9.64. The molecule has 3 amide bonds.